The summed E-state index contributed by atoms with van der Waals surface area (Å²) in [5, 5.41) is 24.1. The monoisotopic (exact) mass is 349 g/mol. The Bertz CT molecular complexity index is 748. The molecule has 0 heterocycles. The van der Waals surface area contributed by atoms with E-state index in [0.29, 0.717) is 23.7 Å². The quantitative estimate of drug-likeness (QED) is 0.345. The van der Waals surface area contributed by atoms with Gasteiger partial charge in [0.2, 0.25) is 0 Å². The number of anilines is 1. The molecule has 0 aliphatic rings. The van der Waals surface area contributed by atoms with Crippen molar-refractivity contribution in [2.75, 3.05) is 25.5 Å². The van der Waals surface area contributed by atoms with Crippen LogP contribution in [0.25, 0.3) is 0 Å². The molecule has 0 unspecified atom stereocenters. The van der Waals surface area contributed by atoms with Gasteiger partial charge in [-0.2, -0.15) is 0 Å². The SMILES string of the molecule is COc1cc(Cl)cc(C=NCCNc2ccc([N+](=O)[O-])cc2)c1O. The highest BCUT2D eigenvalue weighted by molar-refractivity contribution is 6.31. The van der Waals surface area contributed by atoms with E-state index in [1.165, 1.54) is 31.5 Å². The maximum Gasteiger partial charge on any atom is 0.269 e. The minimum Gasteiger partial charge on any atom is -0.504 e. The van der Waals surface area contributed by atoms with Crippen molar-refractivity contribution in [3.05, 3.63) is 57.1 Å². The molecule has 2 rings (SSSR count). The number of aromatic hydroxyl groups is 1. The minimum atomic E-state index is -0.445. The van der Waals surface area contributed by atoms with Crippen LogP contribution in [0.15, 0.2) is 41.4 Å². The van der Waals surface area contributed by atoms with Crippen molar-refractivity contribution >= 4 is 29.2 Å². The van der Waals surface area contributed by atoms with Gasteiger partial charge in [-0.25, -0.2) is 0 Å². The summed E-state index contributed by atoms with van der Waals surface area (Å²) in [6, 6.07) is 9.24. The van der Waals surface area contributed by atoms with Crippen molar-refractivity contribution in [1.29, 1.82) is 0 Å². The largest absolute Gasteiger partial charge is 0.504 e. The predicted molar refractivity (Wildman–Crippen MR) is 93.7 cm³/mol. The maximum atomic E-state index is 10.6. The molecule has 8 heteroatoms. The Morgan fingerprint density at radius 3 is 2.71 bits per heavy atom. The summed E-state index contributed by atoms with van der Waals surface area (Å²) in [6.45, 7) is 0.984. The average Bonchev–Trinajstić information content (AvgIpc) is 2.57. The molecule has 0 bridgehead atoms. The van der Waals surface area contributed by atoms with Gasteiger partial charge in [-0.05, 0) is 18.2 Å². The van der Waals surface area contributed by atoms with Crippen LogP contribution in [-0.4, -0.2) is 36.4 Å². The molecule has 126 valence electrons. The van der Waals surface area contributed by atoms with Gasteiger partial charge in [-0.1, -0.05) is 11.6 Å². The van der Waals surface area contributed by atoms with E-state index in [9.17, 15) is 15.2 Å². The lowest BCUT2D eigenvalue weighted by atomic mass is 10.2. The van der Waals surface area contributed by atoms with Crippen LogP contribution in [0, 0.1) is 10.1 Å². The number of hydrogen-bond acceptors (Lipinski definition) is 6. The summed E-state index contributed by atoms with van der Waals surface area (Å²) in [4.78, 5) is 14.3. The number of phenolic OH excluding ortho intramolecular Hbond substituents is 1. The predicted octanol–water partition coefficient (Wildman–Crippen LogP) is 3.49. The van der Waals surface area contributed by atoms with Crippen LogP contribution < -0.4 is 10.1 Å². The molecular formula is C16H16ClN3O4. The summed E-state index contributed by atoms with van der Waals surface area (Å²) in [7, 11) is 1.44. The first-order chi connectivity index (χ1) is 11.5. The van der Waals surface area contributed by atoms with E-state index in [1.807, 2.05) is 0 Å². The number of phenols is 1. The van der Waals surface area contributed by atoms with Crippen molar-refractivity contribution in [2.24, 2.45) is 4.99 Å². The van der Waals surface area contributed by atoms with E-state index in [1.54, 1.807) is 18.2 Å². The van der Waals surface area contributed by atoms with E-state index < -0.39 is 4.92 Å². The summed E-state index contributed by atoms with van der Waals surface area (Å²) >= 11 is 5.94. The standard InChI is InChI=1S/C16H16ClN3O4/c1-24-15-9-12(17)8-11(16(15)21)10-18-6-7-19-13-2-4-14(5-3-13)20(22)23/h2-5,8-10,19,21H,6-7H2,1H3. The molecule has 0 saturated heterocycles. The number of ether oxygens (including phenoxy) is 1. The molecule has 0 spiro atoms. The van der Waals surface area contributed by atoms with Crippen molar-refractivity contribution < 1.29 is 14.8 Å². The Labute approximate surface area is 143 Å². The molecule has 0 aliphatic carbocycles. The lowest BCUT2D eigenvalue weighted by Gasteiger charge is -2.07. The molecular weight excluding hydrogens is 334 g/mol. The molecule has 2 aromatic rings. The lowest BCUT2D eigenvalue weighted by Crippen LogP contribution is -2.05. The molecule has 0 aromatic heterocycles. The van der Waals surface area contributed by atoms with Gasteiger partial charge < -0.3 is 15.2 Å². The van der Waals surface area contributed by atoms with Gasteiger partial charge in [0.05, 0.1) is 18.6 Å². The fraction of sp³-hybridized carbons (Fsp3) is 0.188. The van der Waals surface area contributed by atoms with Crippen molar-refractivity contribution in [1.82, 2.24) is 0 Å². The van der Waals surface area contributed by atoms with Crippen LogP contribution in [0.2, 0.25) is 5.02 Å². The Morgan fingerprint density at radius 2 is 2.08 bits per heavy atom. The zero-order valence-corrected chi connectivity index (χ0v) is 13.7. The first-order valence-electron chi connectivity index (χ1n) is 7.06. The Kier molecular flexibility index (Phi) is 5.97. The molecule has 24 heavy (non-hydrogen) atoms. The smallest absolute Gasteiger partial charge is 0.269 e. The molecule has 0 radical (unpaired) electrons. The summed E-state index contributed by atoms with van der Waals surface area (Å²) in [6.07, 6.45) is 1.52. The molecule has 7 nitrogen and oxygen atoms in total. The van der Waals surface area contributed by atoms with Gasteiger partial charge >= 0.3 is 0 Å². The highest BCUT2D eigenvalue weighted by Gasteiger charge is 2.08. The van der Waals surface area contributed by atoms with E-state index in [2.05, 4.69) is 10.3 Å². The number of hydrogen-bond donors (Lipinski definition) is 2. The second-order valence-corrected chi connectivity index (χ2v) is 5.25. The number of nitro groups is 1. The Morgan fingerprint density at radius 1 is 1.38 bits per heavy atom. The third-order valence-electron chi connectivity index (χ3n) is 3.17. The first kappa shape index (κ1) is 17.6. The second-order valence-electron chi connectivity index (χ2n) is 4.81. The molecule has 0 aliphatic heterocycles. The van der Waals surface area contributed by atoms with Crippen LogP contribution in [0.3, 0.4) is 0 Å². The zero-order valence-electron chi connectivity index (χ0n) is 12.9. The van der Waals surface area contributed by atoms with Gasteiger partial charge in [0.1, 0.15) is 0 Å². The van der Waals surface area contributed by atoms with Crippen LogP contribution in [0.4, 0.5) is 11.4 Å². The summed E-state index contributed by atoms with van der Waals surface area (Å²) < 4.78 is 5.02. The third kappa shape index (κ3) is 4.60. The number of methoxy groups -OCH3 is 1. The fourth-order valence-corrected chi connectivity index (χ4v) is 2.19. The molecule has 0 atom stereocenters. The maximum absolute atomic E-state index is 10.6. The van der Waals surface area contributed by atoms with Gasteiger partial charge in [0, 0.05) is 47.2 Å². The molecule has 0 amide bonds. The number of benzene rings is 2. The molecule has 2 aromatic carbocycles. The number of nitro benzene ring substituents is 1. The topological polar surface area (TPSA) is 97.0 Å². The Hall–Kier alpha value is -2.80. The van der Waals surface area contributed by atoms with Gasteiger partial charge in [-0.15, -0.1) is 0 Å². The van der Waals surface area contributed by atoms with Crippen LogP contribution in [-0.2, 0) is 0 Å². The summed E-state index contributed by atoms with van der Waals surface area (Å²) in [5.41, 5.74) is 1.28. The van der Waals surface area contributed by atoms with Crippen molar-refractivity contribution in [2.45, 2.75) is 0 Å². The number of non-ortho nitro benzene ring substituents is 1. The van der Waals surface area contributed by atoms with Gasteiger partial charge in [0.15, 0.2) is 11.5 Å². The minimum absolute atomic E-state index is 0.0195. The number of aliphatic imine (C=N–C) groups is 1. The normalized spacial score (nSPS) is 10.8. The van der Waals surface area contributed by atoms with Crippen LogP contribution in [0.5, 0.6) is 11.5 Å². The van der Waals surface area contributed by atoms with E-state index in [-0.39, 0.29) is 17.2 Å². The number of rotatable bonds is 7. The van der Waals surface area contributed by atoms with Gasteiger partial charge in [-0.3, -0.25) is 15.1 Å². The second kappa shape index (κ2) is 8.16. The average molecular weight is 350 g/mol. The fourth-order valence-electron chi connectivity index (χ4n) is 1.98. The van der Waals surface area contributed by atoms with E-state index >= 15 is 0 Å². The van der Waals surface area contributed by atoms with Crippen molar-refractivity contribution in [3.8, 4) is 11.5 Å². The molecule has 2 N–H and O–H groups in total. The van der Waals surface area contributed by atoms with E-state index in [0.717, 1.165) is 5.69 Å². The number of halogens is 1. The number of nitrogens with zero attached hydrogens (tertiary/aromatic N) is 2. The highest BCUT2D eigenvalue weighted by atomic mass is 35.5. The van der Waals surface area contributed by atoms with Crippen LogP contribution in [0.1, 0.15) is 5.56 Å². The van der Waals surface area contributed by atoms with E-state index in [4.69, 9.17) is 16.3 Å². The first-order valence-corrected chi connectivity index (χ1v) is 7.43. The van der Waals surface area contributed by atoms with Gasteiger partial charge in [0.25, 0.3) is 5.69 Å². The van der Waals surface area contributed by atoms with Crippen molar-refractivity contribution in [3.63, 3.8) is 0 Å². The molecule has 0 fully saturated rings. The number of nitrogens with one attached hydrogen (secondary N) is 1. The summed E-state index contributed by atoms with van der Waals surface area (Å²) in [5.74, 6) is 0.266. The van der Waals surface area contributed by atoms with Crippen LogP contribution >= 0.6 is 11.6 Å². The Balaban J connectivity index is 1.89. The molecule has 0 saturated carbocycles. The highest BCUT2D eigenvalue weighted by Crippen LogP contribution is 2.32. The lowest BCUT2D eigenvalue weighted by molar-refractivity contribution is -0.384. The third-order valence-corrected chi connectivity index (χ3v) is 3.39. The zero-order chi connectivity index (χ0) is 17.5.